The fraction of sp³-hybridized carbons (Fsp3) is 0.714. The Morgan fingerprint density at radius 3 is 1.33 bits per heavy atom. The molecule has 0 bridgehead atoms. The molecule has 0 spiro atoms. The first-order valence-electron chi connectivity index (χ1n) is 7.37. The minimum absolute atomic E-state index is 0.0578. The smallest absolute Gasteiger partial charge is 0.305 e. The number of amidine groups is 2. The minimum atomic E-state index is -0.961. The molecule has 0 atom stereocenters. The summed E-state index contributed by atoms with van der Waals surface area (Å²) in [5.41, 5.74) is 9.80. The maximum absolute atomic E-state index is 10.5. The fourth-order valence-corrected chi connectivity index (χ4v) is 1.28. The van der Waals surface area contributed by atoms with Gasteiger partial charge >= 0.3 is 11.9 Å². The zero-order chi connectivity index (χ0) is 19.0. The lowest BCUT2D eigenvalue weighted by Crippen LogP contribution is -2.40. The number of carboxylic acid groups (broad SMARTS) is 2. The van der Waals surface area contributed by atoms with Crippen molar-refractivity contribution >= 4 is 23.6 Å². The normalized spacial score (nSPS) is 14.2. The summed E-state index contributed by atoms with van der Waals surface area (Å²) in [6, 6.07) is 0. The summed E-state index contributed by atoms with van der Waals surface area (Å²) in [5, 5.41) is 25.4. The van der Waals surface area contributed by atoms with Gasteiger partial charge in [-0.05, 0) is 27.7 Å². The quantitative estimate of drug-likeness (QED) is 0.257. The monoisotopic (exact) mass is 342 g/mol. The summed E-state index contributed by atoms with van der Waals surface area (Å²) in [6.45, 7) is 6.85. The summed E-state index contributed by atoms with van der Waals surface area (Å²) in [6.07, 6.45) is -0.245. The number of rotatable bonds is 10. The van der Waals surface area contributed by atoms with E-state index in [2.05, 4.69) is 20.2 Å². The van der Waals surface area contributed by atoms with Gasteiger partial charge in [0.1, 0.15) is 22.7 Å². The van der Waals surface area contributed by atoms with Crippen molar-refractivity contribution in [3.05, 3.63) is 0 Å². The van der Waals surface area contributed by atoms with Crippen LogP contribution in [0.1, 0.15) is 40.5 Å². The van der Waals surface area contributed by atoms with Crippen molar-refractivity contribution in [2.24, 2.45) is 31.7 Å². The lowest BCUT2D eigenvalue weighted by molar-refractivity contribution is -0.137. The summed E-state index contributed by atoms with van der Waals surface area (Å²) < 4.78 is 0. The van der Waals surface area contributed by atoms with Gasteiger partial charge in [0.15, 0.2) is 0 Å². The van der Waals surface area contributed by atoms with Gasteiger partial charge in [-0.1, -0.05) is 0 Å². The average Bonchev–Trinajstić information content (AvgIpc) is 2.44. The lowest BCUT2D eigenvalue weighted by atomic mass is 10.0. The molecule has 0 saturated carbocycles. The first kappa shape index (κ1) is 21.5. The zero-order valence-electron chi connectivity index (χ0n) is 14.5. The molecule has 0 unspecified atom stereocenters. The van der Waals surface area contributed by atoms with Crippen LogP contribution in [0.25, 0.3) is 0 Å². The van der Waals surface area contributed by atoms with Gasteiger partial charge in [0, 0.05) is 0 Å². The zero-order valence-corrected chi connectivity index (χ0v) is 14.5. The van der Waals surface area contributed by atoms with Crippen molar-refractivity contribution in [3.63, 3.8) is 0 Å². The molecule has 0 amide bonds. The molecule has 0 aromatic rings. The van der Waals surface area contributed by atoms with Crippen molar-refractivity contribution in [1.82, 2.24) is 0 Å². The van der Waals surface area contributed by atoms with E-state index in [9.17, 15) is 9.59 Å². The summed E-state index contributed by atoms with van der Waals surface area (Å²) >= 11 is 0. The molecule has 0 radical (unpaired) electrons. The molecule has 0 fully saturated rings. The number of carboxylic acids is 2. The summed E-state index contributed by atoms with van der Waals surface area (Å²) in [7, 11) is 0. The number of nitrogens with two attached hydrogens (primary N) is 2. The third-order valence-electron chi connectivity index (χ3n) is 3.02. The number of nitrogens with zero attached hydrogens (tertiary/aromatic N) is 4. The number of aliphatic carboxylic acids is 2. The van der Waals surface area contributed by atoms with E-state index in [0.717, 1.165) is 0 Å². The summed E-state index contributed by atoms with van der Waals surface area (Å²) in [4.78, 5) is 28.9. The molecule has 0 heterocycles. The third-order valence-corrected chi connectivity index (χ3v) is 3.02. The van der Waals surface area contributed by atoms with E-state index in [0.29, 0.717) is 0 Å². The highest BCUT2D eigenvalue weighted by molar-refractivity contribution is 5.90. The van der Waals surface area contributed by atoms with Gasteiger partial charge in [0.2, 0.25) is 0 Å². The van der Waals surface area contributed by atoms with Gasteiger partial charge in [-0.3, -0.25) is 19.6 Å². The van der Waals surface area contributed by atoms with E-state index in [-0.39, 0.29) is 37.6 Å². The van der Waals surface area contributed by atoms with Crippen molar-refractivity contribution in [2.75, 3.05) is 13.1 Å². The maximum atomic E-state index is 10.5. The molecular formula is C14H26N6O4. The topological polar surface area (TPSA) is 176 Å². The highest BCUT2D eigenvalue weighted by Crippen LogP contribution is 2.16. The van der Waals surface area contributed by atoms with E-state index in [1.165, 1.54) is 0 Å². The summed E-state index contributed by atoms with van der Waals surface area (Å²) in [5.74, 6) is -1.61. The SMILES string of the molecule is CC(C)(N=NC(C)(C)C(N)=NCCC(=O)O)C(N)=NCCC(=O)O. The highest BCUT2D eigenvalue weighted by Gasteiger charge is 2.27. The number of azo groups is 1. The largest absolute Gasteiger partial charge is 0.481 e. The Labute approximate surface area is 140 Å². The van der Waals surface area contributed by atoms with Crippen LogP contribution in [-0.2, 0) is 9.59 Å². The minimum Gasteiger partial charge on any atom is -0.481 e. The molecule has 0 aliphatic rings. The Morgan fingerprint density at radius 1 is 0.792 bits per heavy atom. The molecule has 0 aliphatic carbocycles. The first-order valence-corrected chi connectivity index (χ1v) is 7.37. The maximum Gasteiger partial charge on any atom is 0.305 e. The average molecular weight is 342 g/mol. The van der Waals surface area contributed by atoms with Gasteiger partial charge in [0.25, 0.3) is 0 Å². The van der Waals surface area contributed by atoms with Crippen LogP contribution < -0.4 is 11.5 Å². The van der Waals surface area contributed by atoms with Gasteiger partial charge in [0.05, 0.1) is 25.9 Å². The van der Waals surface area contributed by atoms with E-state index in [4.69, 9.17) is 21.7 Å². The van der Waals surface area contributed by atoms with Crippen LogP contribution in [0.4, 0.5) is 0 Å². The molecule has 10 nitrogen and oxygen atoms in total. The van der Waals surface area contributed by atoms with Crippen LogP contribution in [0.5, 0.6) is 0 Å². The van der Waals surface area contributed by atoms with Crippen LogP contribution in [-0.4, -0.2) is 58.0 Å². The molecule has 10 heteroatoms. The van der Waals surface area contributed by atoms with Crippen molar-refractivity contribution in [1.29, 1.82) is 0 Å². The first-order chi connectivity index (χ1) is 10.9. The molecule has 0 aliphatic heterocycles. The number of carbonyl (C=O) groups is 2. The lowest BCUT2D eigenvalue weighted by Gasteiger charge is -2.22. The molecular weight excluding hydrogens is 316 g/mol. The highest BCUT2D eigenvalue weighted by atomic mass is 16.4. The second-order valence-electron chi connectivity index (χ2n) is 6.14. The third kappa shape index (κ3) is 8.20. The van der Waals surface area contributed by atoms with Crippen molar-refractivity contribution < 1.29 is 19.8 Å². The van der Waals surface area contributed by atoms with Crippen molar-refractivity contribution in [2.45, 2.75) is 51.6 Å². The molecule has 0 aromatic heterocycles. The van der Waals surface area contributed by atoms with Gasteiger partial charge in [-0.25, -0.2) is 0 Å². The number of hydrogen-bond donors (Lipinski definition) is 4. The van der Waals surface area contributed by atoms with Crippen LogP contribution in [0.2, 0.25) is 0 Å². The van der Waals surface area contributed by atoms with E-state index < -0.39 is 23.0 Å². The van der Waals surface area contributed by atoms with Gasteiger partial charge in [-0.2, -0.15) is 10.2 Å². The molecule has 6 N–H and O–H groups in total. The number of aliphatic imine (C=N–C) groups is 2. The van der Waals surface area contributed by atoms with E-state index in [1.807, 2.05) is 0 Å². The van der Waals surface area contributed by atoms with Gasteiger partial charge in [-0.15, -0.1) is 0 Å². The molecule has 136 valence electrons. The van der Waals surface area contributed by atoms with E-state index >= 15 is 0 Å². The standard InChI is InChI=1S/C14H26N6O4/c1-13(2,11(15)17-7-5-9(21)22)19-20-14(3,4)12(16)18-8-6-10(23)24/h5-8H2,1-4H3,(H2,15,17)(H2,16,18)(H,21,22)(H,23,24). The Balaban J connectivity index is 4.97. The molecule has 0 aromatic carbocycles. The predicted molar refractivity (Wildman–Crippen MR) is 90.5 cm³/mol. The van der Waals surface area contributed by atoms with Crippen LogP contribution in [0, 0.1) is 0 Å². The Hall–Kier alpha value is -2.52. The van der Waals surface area contributed by atoms with E-state index in [1.54, 1.807) is 27.7 Å². The second-order valence-corrected chi connectivity index (χ2v) is 6.14. The molecule has 0 saturated heterocycles. The van der Waals surface area contributed by atoms with Crippen LogP contribution in [0.3, 0.4) is 0 Å². The Kier molecular flexibility index (Phi) is 8.00. The number of hydrogen-bond acceptors (Lipinski definition) is 6. The predicted octanol–water partition coefficient (Wildman–Crippen LogP) is 0.660. The van der Waals surface area contributed by atoms with Crippen molar-refractivity contribution in [3.8, 4) is 0 Å². The molecule has 0 rings (SSSR count). The van der Waals surface area contributed by atoms with Crippen LogP contribution in [0.15, 0.2) is 20.2 Å². The Morgan fingerprint density at radius 2 is 1.08 bits per heavy atom. The van der Waals surface area contributed by atoms with Crippen LogP contribution >= 0.6 is 0 Å². The second kappa shape index (κ2) is 8.94. The molecule has 24 heavy (non-hydrogen) atoms. The fourth-order valence-electron chi connectivity index (χ4n) is 1.28. The Bertz CT molecular complexity index is 503. The van der Waals surface area contributed by atoms with Gasteiger partial charge < -0.3 is 21.7 Å².